The third-order valence-electron chi connectivity index (χ3n) is 3.04. The Kier molecular flexibility index (Phi) is 4.26. The zero-order valence-electron chi connectivity index (χ0n) is 8.60. The second-order valence-electron chi connectivity index (χ2n) is 4.10. The van der Waals surface area contributed by atoms with Crippen LogP contribution in [0.1, 0.15) is 32.6 Å². The summed E-state index contributed by atoms with van der Waals surface area (Å²) < 4.78 is 25.4. The van der Waals surface area contributed by atoms with Crippen molar-refractivity contribution in [3.63, 3.8) is 0 Å². The molecule has 0 heterocycles. The number of aliphatic hydroxyl groups is 1. The lowest BCUT2D eigenvalue weighted by Gasteiger charge is -2.22. The van der Waals surface area contributed by atoms with E-state index >= 15 is 0 Å². The van der Waals surface area contributed by atoms with Crippen LogP contribution in [-0.2, 0) is 0 Å². The number of hydrogen-bond donors (Lipinski definition) is 2. The van der Waals surface area contributed by atoms with Crippen LogP contribution < -0.4 is 5.32 Å². The van der Waals surface area contributed by atoms with Crippen molar-refractivity contribution in [3.05, 3.63) is 0 Å². The molecule has 0 aliphatic heterocycles. The van der Waals surface area contributed by atoms with Gasteiger partial charge in [0.2, 0.25) is 0 Å². The zero-order valence-corrected chi connectivity index (χ0v) is 8.60. The summed E-state index contributed by atoms with van der Waals surface area (Å²) in [5.41, 5.74) is 0. The molecule has 0 bridgehead atoms. The fourth-order valence-corrected chi connectivity index (χ4v) is 2.13. The van der Waals surface area contributed by atoms with Gasteiger partial charge in [-0.2, -0.15) is 0 Å². The van der Waals surface area contributed by atoms with Crippen LogP contribution in [0.15, 0.2) is 0 Å². The smallest absolute Gasteiger partial charge is 0.282 e. The van der Waals surface area contributed by atoms with Crippen molar-refractivity contribution in [1.29, 1.82) is 0 Å². The number of aliphatic hydroxyl groups excluding tert-OH is 1. The highest BCUT2D eigenvalue weighted by atomic mass is 19.3. The van der Waals surface area contributed by atoms with E-state index in [-0.39, 0.29) is 6.04 Å². The molecule has 0 amide bonds. The predicted molar refractivity (Wildman–Crippen MR) is 51.5 cm³/mol. The van der Waals surface area contributed by atoms with Gasteiger partial charge in [-0.1, -0.05) is 19.8 Å². The molecule has 0 aromatic carbocycles. The number of nitrogens with one attached hydrogen (secondary N) is 1. The van der Waals surface area contributed by atoms with Gasteiger partial charge < -0.3 is 10.4 Å². The maximum absolute atomic E-state index is 12.7. The minimum Gasteiger partial charge on any atom is -0.390 e. The molecule has 0 radical (unpaired) electrons. The van der Waals surface area contributed by atoms with Crippen molar-refractivity contribution in [2.75, 3.05) is 13.2 Å². The Bertz CT molecular complexity index is 176. The average molecular weight is 207 g/mol. The number of rotatable bonds is 5. The van der Waals surface area contributed by atoms with Crippen LogP contribution in [0, 0.1) is 5.92 Å². The summed E-state index contributed by atoms with van der Waals surface area (Å²) in [6.45, 7) is 0.628. The lowest BCUT2D eigenvalue weighted by atomic mass is 10.0. The van der Waals surface area contributed by atoms with Crippen LogP contribution in [0.3, 0.4) is 0 Å². The molecule has 1 aliphatic carbocycles. The third-order valence-corrected chi connectivity index (χ3v) is 3.04. The van der Waals surface area contributed by atoms with Gasteiger partial charge in [-0.25, -0.2) is 8.78 Å². The van der Waals surface area contributed by atoms with Gasteiger partial charge in [0.1, 0.15) is 6.61 Å². The SMILES string of the molecule is CCC1CCCC1NCC(F)(F)CO. The average Bonchev–Trinajstić information content (AvgIpc) is 2.62. The van der Waals surface area contributed by atoms with Crippen LogP contribution in [0.25, 0.3) is 0 Å². The summed E-state index contributed by atoms with van der Waals surface area (Å²) in [6.07, 6.45) is 4.29. The van der Waals surface area contributed by atoms with Crippen molar-refractivity contribution in [1.82, 2.24) is 5.32 Å². The molecule has 2 N–H and O–H groups in total. The lowest BCUT2D eigenvalue weighted by Crippen LogP contribution is -2.42. The van der Waals surface area contributed by atoms with Crippen LogP contribution in [0.5, 0.6) is 0 Å². The maximum atomic E-state index is 12.7. The molecule has 0 spiro atoms. The van der Waals surface area contributed by atoms with E-state index in [0.717, 1.165) is 25.7 Å². The first-order valence-electron chi connectivity index (χ1n) is 5.31. The highest BCUT2D eigenvalue weighted by molar-refractivity contribution is 4.84. The molecule has 14 heavy (non-hydrogen) atoms. The van der Waals surface area contributed by atoms with Crippen LogP contribution in [0.4, 0.5) is 8.78 Å². The van der Waals surface area contributed by atoms with Crippen LogP contribution in [0.2, 0.25) is 0 Å². The molecule has 2 unspecified atom stereocenters. The monoisotopic (exact) mass is 207 g/mol. The maximum Gasteiger partial charge on any atom is 0.282 e. The molecule has 0 saturated heterocycles. The number of hydrogen-bond acceptors (Lipinski definition) is 2. The first-order valence-corrected chi connectivity index (χ1v) is 5.31. The summed E-state index contributed by atoms with van der Waals surface area (Å²) >= 11 is 0. The van der Waals surface area contributed by atoms with Gasteiger partial charge in [-0.15, -0.1) is 0 Å². The fraction of sp³-hybridized carbons (Fsp3) is 1.00. The molecule has 0 aromatic rings. The summed E-state index contributed by atoms with van der Waals surface area (Å²) in [5, 5.41) is 11.3. The third kappa shape index (κ3) is 3.17. The molecule has 1 rings (SSSR count). The molecule has 84 valence electrons. The van der Waals surface area contributed by atoms with E-state index < -0.39 is 19.1 Å². The normalized spacial score (nSPS) is 28.3. The molecule has 2 nitrogen and oxygen atoms in total. The van der Waals surface area contributed by atoms with Gasteiger partial charge in [-0.05, 0) is 18.8 Å². The van der Waals surface area contributed by atoms with Crippen LogP contribution in [-0.4, -0.2) is 30.2 Å². The van der Waals surface area contributed by atoms with E-state index in [1.807, 2.05) is 0 Å². The highest BCUT2D eigenvalue weighted by Gasteiger charge is 2.31. The summed E-state index contributed by atoms with van der Waals surface area (Å²) in [4.78, 5) is 0. The van der Waals surface area contributed by atoms with E-state index in [1.54, 1.807) is 0 Å². The first-order chi connectivity index (χ1) is 6.59. The molecular weight excluding hydrogens is 188 g/mol. The molecule has 1 saturated carbocycles. The van der Waals surface area contributed by atoms with E-state index in [9.17, 15) is 8.78 Å². The van der Waals surface area contributed by atoms with Gasteiger partial charge in [0.15, 0.2) is 0 Å². The number of alkyl halides is 2. The molecule has 1 aliphatic rings. The lowest BCUT2D eigenvalue weighted by molar-refractivity contribution is -0.0500. The van der Waals surface area contributed by atoms with Crippen molar-refractivity contribution in [3.8, 4) is 0 Å². The summed E-state index contributed by atoms with van der Waals surface area (Å²) in [5.74, 6) is -2.44. The Morgan fingerprint density at radius 2 is 2.14 bits per heavy atom. The van der Waals surface area contributed by atoms with Crippen molar-refractivity contribution in [2.24, 2.45) is 5.92 Å². The number of halogens is 2. The van der Waals surface area contributed by atoms with Gasteiger partial charge in [-0.3, -0.25) is 0 Å². The zero-order chi connectivity index (χ0) is 10.6. The topological polar surface area (TPSA) is 32.3 Å². The quantitative estimate of drug-likeness (QED) is 0.720. The Hall–Kier alpha value is -0.220. The molecular formula is C10H19F2NO. The van der Waals surface area contributed by atoms with E-state index in [1.165, 1.54) is 0 Å². The van der Waals surface area contributed by atoms with Gasteiger partial charge in [0, 0.05) is 6.04 Å². The van der Waals surface area contributed by atoms with Gasteiger partial charge in [0.25, 0.3) is 5.92 Å². The molecule has 0 aromatic heterocycles. The second-order valence-corrected chi connectivity index (χ2v) is 4.10. The minimum absolute atomic E-state index is 0.220. The van der Waals surface area contributed by atoms with E-state index in [4.69, 9.17) is 5.11 Å². The Morgan fingerprint density at radius 3 is 2.71 bits per heavy atom. The Morgan fingerprint density at radius 1 is 1.43 bits per heavy atom. The van der Waals surface area contributed by atoms with Crippen molar-refractivity contribution in [2.45, 2.75) is 44.6 Å². The molecule has 2 atom stereocenters. The predicted octanol–water partition coefficient (Wildman–Crippen LogP) is 1.78. The van der Waals surface area contributed by atoms with Crippen molar-refractivity contribution < 1.29 is 13.9 Å². The fourth-order valence-electron chi connectivity index (χ4n) is 2.13. The Labute approximate surface area is 83.7 Å². The highest BCUT2D eigenvalue weighted by Crippen LogP contribution is 2.28. The van der Waals surface area contributed by atoms with Crippen molar-refractivity contribution >= 4 is 0 Å². The van der Waals surface area contributed by atoms with Crippen LogP contribution >= 0.6 is 0 Å². The molecule has 4 heteroatoms. The van der Waals surface area contributed by atoms with E-state index in [0.29, 0.717) is 5.92 Å². The van der Waals surface area contributed by atoms with Gasteiger partial charge in [0.05, 0.1) is 6.54 Å². The summed E-state index contributed by atoms with van der Waals surface area (Å²) in [7, 11) is 0. The Balaban J connectivity index is 2.30. The standard InChI is InChI=1S/C10H19F2NO/c1-2-8-4-3-5-9(8)13-6-10(11,12)7-14/h8-9,13-14H,2-7H2,1H3. The van der Waals surface area contributed by atoms with E-state index in [2.05, 4.69) is 12.2 Å². The minimum atomic E-state index is -2.97. The van der Waals surface area contributed by atoms with Gasteiger partial charge >= 0.3 is 0 Å². The second kappa shape index (κ2) is 5.03. The largest absolute Gasteiger partial charge is 0.390 e. The first kappa shape index (κ1) is 11.9. The molecule has 1 fully saturated rings. The summed E-state index contributed by atoms with van der Waals surface area (Å²) in [6, 6.07) is 0.220.